The number of ether oxygens (including phenoxy) is 1. The van der Waals surface area contributed by atoms with Crippen LogP contribution in [0, 0.1) is 13.8 Å². The van der Waals surface area contributed by atoms with E-state index in [1.807, 2.05) is 32.0 Å². The summed E-state index contributed by atoms with van der Waals surface area (Å²) in [4.78, 5) is 24.7. The van der Waals surface area contributed by atoms with Crippen molar-refractivity contribution in [2.75, 3.05) is 19.7 Å². The summed E-state index contributed by atoms with van der Waals surface area (Å²) in [5, 5.41) is 8.93. The first-order valence-electron chi connectivity index (χ1n) is 6.65. The van der Waals surface area contributed by atoms with Gasteiger partial charge in [0, 0.05) is 6.54 Å². The van der Waals surface area contributed by atoms with Gasteiger partial charge < -0.3 is 14.7 Å². The van der Waals surface area contributed by atoms with Crippen LogP contribution >= 0.6 is 0 Å². The van der Waals surface area contributed by atoms with Gasteiger partial charge >= 0.3 is 5.97 Å². The number of carboxylic acids is 1. The zero-order valence-corrected chi connectivity index (χ0v) is 11.8. The molecule has 1 fully saturated rings. The first-order valence-corrected chi connectivity index (χ1v) is 6.65. The van der Waals surface area contributed by atoms with Gasteiger partial charge in [0.25, 0.3) is 0 Å². The molecule has 108 valence electrons. The minimum Gasteiger partial charge on any atom is -0.479 e. The summed E-state index contributed by atoms with van der Waals surface area (Å²) in [6.45, 7) is 4.89. The van der Waals surface area contributed by atoms with Crippen molar-refractivity contribution in [2.24, 2.45) is 0 Å². The Kier molecular flexibility index (Phi) is 4.39. The van der Waals surface area contributed by atoms with Crippen LogP contribution in [0.4, 0.5) is 0 Å². The normalized spacial score (nSPS) is 18.9. The van der Waals surface area contributed by atoms with Gasteiger partial charge in [0.15, 0.2) is 6.10 Å². The number of carbonyl (C=O) groups is 2. The zero-order valence-electron chi connectivity index (χ0n) is 11.8. The highest BCUT2D eigenvalue weighted by Gasteiger charge is 2.28. The zero-order chi connectivity index (χ0) is 14.7. The number of carboxylic acid groups (broad SMARTS) is 1. The molecule has 1 amide bonds. The fourth-order valence-corrected chi connectivity index (χ4v) is 2.23. The van der Waals surface area contributed by atoms with Gasteiger partial charge in [-0.1, -0.05) is 18.2 Å². The van der Waals surface area contributed by atoms with Crippen molar-refractivity contribution in [3.63, 3.8) is 0 Å². The van der Waals surface area contributed by atoms with Crippen molar-refractivity contribution in [1.29, 1.82) is 0 Å². The van der Waals surface area contributed by atoms with Gasteiger partial charge in [-0.3, -0.25) is 4.79 Å². The monoisotopic (exact) mass is 277 g/mol. The van der Waals surface area contributed by atoms with Gasteiger partial charge in [-0.2, -0.15) is 0 Å². The molecular weight excluding hydrogens is 258 g/mol. The third-order valence-corrected chi connectivity index (χ3v) is 3.62. The summed E-state index contributed by atoms with van der Waals surface area (Å²) in [5.74, 6) is -1.07. The highest BCUT2D eigenvalue weighted by atomic mass is 16.5. The van der Waals surface area contributed by atoms with Gasteiger partial charge in [-0.15, -0.1) is 0 Å². The molecule has 0 bridgehead atoms. The summed E-state index contributed by atoms with van der Waals surface area (Å²) < 4.78 is 5.11. The lowest BCUT2D eigenvalue weighted by Gasteiger charge is -2.31. The minimum atomic E-state index is -1.02. The number of morpholine rings is 1. The second-order valence-corrected chi connectivity index (χ2v) is 5.13. The van der Waals surface area contributed by atoms with E-state index in [2.05, 4.69) is 0 Å². The fraction of sp³-hybridized carbons (Fsp3) is 0.467. The Morgan fingerprint density at radius 3 is 2.75 bits per heavy atom. The molecular formula is C15H19NO4. The van der Waals surface area contributed by atoms with Gasteiger partial charge in [0.05, 0.1) is 19.6 Å². The number of amides is 1. The highest BCUT2D eigenvalue weighted by Crippen LogP contribution is 2.13. The Hall–Kier alpha value is -1.88. The van der Waals surface area contributed by atoms with Crippen molar-refractivity contribution in [3.05, 3.63) is 34.9 Å². The lowest BCUT2D eigenvalue weighted by atomic mass is 10.0. The Balaban J connectivity index is 2.00. The van der Waals surface area contributed by atoms with Crippen LogP contribution < -0.4 is 0 Å². The second kappa shape index (κ2) is 6.05. The molecule has 1 N–H and O–H groups in total. The Labute approximate surface area is 118 Å². The Morgan fingerprint density at radius 1 is 1.35 bits per heavy atom. The van der Waals surface area contributed by atoms with Crippen molar-refractivity contribution in [1.82, 2.24) is 4.90 Å². The Bertz CT molecular complexity index is 527. The van der Waals surface area contributed by atoms with E-state index in [0.29, 0.717) is 13.0 Å². The maximum Gasteiger partial charge on any atom is 0.334 e. The molecule has 5 heteroatoms. The van der Waals surface area contributed by atoms with Crippen LogP contribution in [0.25, 0.3) is 0 Å². The smallest absolute Gasteiger partial charge is 0.334 e. The van der Waals surface area contributed by atoms with Crippen LogP contribution in [0.2, 0.25) is 0 Å². The molecule has 1 aliphatic rings. The summed E-state index contributed by atoms with van der Waals surface area (Å²) in [7, 11) is 0. The van der Waals surface area contributed by atoms with Crippen LogP contribution in [0.15, 0.2) is 18.2 Å². The standard InChI is InChI=1S/C15H19NO4/c1-10-3-4-12(7-11(10)2)8-14(17)16-5-6-20-13(9-16)15(18)19/h3-4,7,13H,5-6,8-9H2,1-2H3,(H,18,19). The van der Waals surface area contributed by atoms with E-state index in [1.165, 1.54) is 5.56 Å². The molecule has 0 spiro atoms. The Morgan fingerprint density at radius 2 is 2.10 bits per heavy atom. The lowest BCUT2D eigenvalue weighted by molar-refractivity contribution is -0.159. The molecule has 1 aliphatic heterocycles. The number of aliphatic carboxylic acids is 1. The minimum absolute atomic E-state index is 0.0530. The SMILES string of the molecule is Cc1ccc(CC(=O)N2CCOC(C(=O)O)C2)cc1C. The van der Waals surface area contributed by atoms with Gasteiger partial charge in [0.2, 0.25) is 5.91 Å². The van der Waals surface area contributed by atoms with E-state index < -0.39 is 12.1 Å². The van der Waals surface area contributed by atoms with Crippen molar-refractivity contribution in [3.8, 4) is 0 Å². The number of hydrogen-bond acceptors (Lipinski definition) is 3. The van der Waals surface area contributed by atoms with Gasteiger partial charge in [-0.25, -0.2) is 4.79 Å². The fourth-order valence-electron chi connectivity index (χ4n) is 2.23. The van der Waals surface area contributed by atoms with Gasteiger partial charge in [-0.05, 0) is 30.5 Å². The van der Waals surface area contributed by atoms with E-state index >= 15 is 0 Å². The summed E-state index contributed by atoms with van der Waals surface area (Å²) in [6.07, 6.45) is -0.611. The van der Waals surface area contributed by atoms with E-state index in [9.17, 15) is 9.59 Å². The predicted molar refractivity (Wildman–Crippen MR) is 73.6 cm³/mol. The molecule has 1 heterocycles. The summed E-state index contributed by atoms with van der Waals surface area (Å²) in [6, 6.07) is 5.94. The largest absolute Gasteiger partial charge is 0.479 e. The molecule has 2 rings (SSSR count). The van der Waals surface area contributed by atoms with Crippen LogP contribution in [-0.2, 0) is 20.7 Å². The van der Waals surface area contributed by atoms with Crippen LogP contribution in [0.5, 0.6) is 0 Å². The average Bonchev–Trinajstić information content (AvgIpc) is 2.43. The average molecular weight is 277 g/mol. The lowest BCUT2D eigenvalue weighted by Crippen LogP contribution is -2.49. The van der Waals surface area contributed by atoms with Crippen LogP contribution in [-0.4, -0.2) is 47.7 Å². The molecule has 1 unspecified atom stereocenters. The molecule has 0 aromatic heterocycles. The summed E-state index contributed by atoms with van der Waals surface area (Å²) >= 11 is 0. The predicted octanol–water partition coefficient (Wildman–Crippen LogP) is 1.16. The number of hydrogen-bond donors (Lipinski definition) is 1. The molecule has 0 radical (unpaired) electrons. The topological polar surface area (TPSA) is 66.8 Å². The first kappa shape index (κ1) is 14.5. The first-order chi connectivity index (χ1) is 9.47. The molecule has 5 nitrogen and oxygen atoms in total. The van der Waals surface area contributed by atoms with E-state index in [1.54, 1.807) is 4.90 Å². The molecule has 1 aromatic carbocycles. The van der Waals surface area contributed by atoms with Crippen LogP contribution in [0.3, 0.4) is 0 Å². The van der Waals surface area contributed by atoms with E-state index in [0.717, 1.165) is 11.1 Å². The second-order valence-electron chi connectivity index (χ2n) is 5.13. The molecule has 0 saturated carbocycles. The summed E-state index contributed by atoms with van der Waals surface area (Å²) in [5.41, 5.74) is 3.30. The quantitative estimate of drug-likeness (QED) is 0.900. The van der Waals surface area contributed by atoms with E-state index in [-0.39, 0.29) is 19.1 Å². The molecule has 0 aliphatic carbocycles. The third kappa shape index (κ3) is 3.36. The molecule has 20 heavy (non-hydrogen) atoms. The molecule has 1 aromatic rings. The van der Waals surface area contributed by atoms with Crippen molar-refractivity contribution >= 4 is 11.9 Å². The highest BCUT2D eigenvalue weighted by molar-refractivity contribution is 5.80. The number of carbonyl (C=O) groups excluding carboxylic acids is 1. The van der Waals surface area contributed by atoms with E-state index in [4.69, 9.17) is 9.84 Å². The van der Waals surface area contributed by atoms with Gasteiger partial charge in [0.1, 0.15) is 0 Å². The number of aryl methyl sites for hydroxylation is 2. The number of rotatable bonds is 3. The maximum atomic E-state index is 12.2. The van der Waals surface area contributed by atoms with Crippen molar-refractivity contribution in [2.45, 2.75) is 26.4 Å². The molecule has 1 atom stereocenters. The molecule has 1 saturated heterocycles. The number of benzene rings is 1. The number of nitrogens with zero attached hydrogens (tertiary/aromatic N) is 1. The third-order valence-electron chi connectivity index (χ3n) is 3.62. The van der Waals surface area contributed by atoms with Crippen molar-refractivity contribution < 1.29 is 19.4 Å². The maximum absolute atomic E-state index is 12.2. The van der Waals surface area contributed by atoms with Crippen LogP contribution in [0.1, 0.15) is 16.7 Å².